The Morgan fingerprint density at radius 1 is 1.05 bits per heavy atom. The monoisotopic (exact) mass is 301 g/mol. The molecule has 0 spiro atoms. The number of imide groups is 1. The van der Waals surface area contributed by atoms with E-state index in [4.69, 9.17) is 5.11 Å². The van der Waals surface area contributed by atoms with Crippen molar-refractivity contribution < 1.29 is 14.7 Å². The summed E-state index contributed by atoms with van der Waals surface area (Å²) < 4.78 is 0. The van der Waals surface area contributed by atoms with E-state index >= 15 is 0 Å². The van der Waals surface area contributed by atoms with Crippen LogP contribution in [0.4, 0.5) is 0 Å². The Balaban J connectivity index is 0.000000346. The van der Waals surface area contributed by atoms with Crippen molar-refractivity contribution in [2.24, 2.45) is 0 Å². The summed E-state index contributed by atoms with van der Waals surface area (Å²) in [6.07, 6.45) is 4.51. The van der Waals surface area contributed by atoms with Crippen LogP contribution in [0.15, 0.2) is 49.6 Å². The van der Waals surface area contributed by atoms with Crippen LogP contribution >= 0.6 is 0 Å². The van der Waals surface area contributed by atoms with Gasteiger partial charge in [-0.3, -0.25) is 14.5 Å². The molecule has 2 atom stereocenters. The topological polar surface area (TPSA) is 57.6 Å². The van der Waals surface area contributed by atoms with E-state index in [0.29, 0.717) is 24.0 Å². The second kappa shape index (κ2) is 8.29. The van der Waals surface area contributed by atoms with Gasteiger partial charge in [0.05, 0.1) is 17.2 Å². The minimum absolute atomic E-state index is 0.134. The molecule has 118 valence electrons. The molecule has 0 bridgehead atoms. The fourth-order valence-corrected chi connectivity index (χ4v) is 2.20. The van der Waals surface area contributed by atoms with Crippen molar-refractivity contribution in [1.29, 1.82) is 0 Å². The van der Waals surface area contributed by atoms with Crippen LogP contribution < -0.4 is 0 Å². The summed E-state index contributed by atoms with van der Waals surface area (Å²) in [5, 5.41) is 8.48. The van der Waals surface area contributed by atoms with E-state index in [-0.39, 0.29) is 24.0 Å². The molecule has 0 fully saturated rings. The third-order valence-corrected chi connectivity index (χ3v) is 3.28. The third kappa shape index (κ3) is 4.15. The zero-order chi connectivity index (χ0) is 16.7. The van der Waals surface area contributed by atoms with Crippen LogP contribution in [0.25, 0.3) is 0 Å². The van der Waals surface area contributed by atoms with E-state index in [9.17, 15) is 9.59 Å². The second-order valence-electron chi connectivity index (χ2n) is 5.27. The Kier molecular flexibility index (Phi) is 6.73. The van der Waals surface area contributed by atoms with E-state index < -0.39 is 0 Å². The molecule has 0 saturated heterocycles. The average Bonchev–Trinajstić information content (AvgIpc) is 2.72. The Morgan fingerprint density at radius 2 is 1.50 bits per heavy atom. The fraction of sp³-hybridized carbons (Fsp3) is 0.333. The van der Waals surface area contributed by atoms with Gasteiger partial charge in [0.2, 0.25) is 0 Å². The molecule has 2 amide bonds. The van der Waals surface area contributed by atoms with Gasteiger partial charge in [0.1, 0.15) is 0 Å². The summed E-state index contributed by atoms with van der Waals surface area (Å²) in [4.78, 5) is 25.3. The molecule has 4 heteroatoms. The summed E-state index contributed by atoms with van der Waals surface area (Å²) >= 11 is 0. The van der Waals surface area contributed by atoms with Crippen LogP contribution in [-0.2, 0) is 0 Å². The van der Waals surface area contributed by atoms with Gasteiger partial charge >= 0.3 is 0 Å². The quantitative estimate of drug-likeness (QED) is 0.671. The lowest BCUT2D eigenvalue weighted by atomic mass is 10.1. The van der Waals surface area contributed by atoms with E-state index in [0.717, 1.165) is 0 Å². The first-order valence-electron chi connectivity index (χ1n) is 7.30. The first-order valence-corrected chi connectivity index (χ1v) is 7.30. The van der Waals surface area contributed by atoms with Crippen molar-refractivity contribution in [2.75, 3.05) is 0 Å². The van der Waals surface area contributed by atoms with Crippen molar-refractivity contribution in [2.45, 2.75) is 38.8 Å². The molecule has 1 N–H and O–H groups in total. The number of amides is 2. The van der Waals surface area contributed by atoms with Crippen LogP contribution in [0.1, 0.15) is 47.4 Å². The maximum Gasteiger partial charge on any atom is 0.261 e. The highest BCUT2D eigenvalue weighted by Gasteiger charge is 2.37. The number of carbonyl (C=O) groups excluding carboxylic acids is 2. The molecule has 1 heterocycles. The number of fused-ring (bicyclic) bond motifs is 1. The van der Waals surface area contributed by atoms with Crippen LogP contribution in [-0.4, -0.2) is 34.0 Å². The SMILES string of the molecule is C=CCC(C)N1C(=O)c2ccccc2C1=O.C=CCC(C)O. The zero-order valence-corrected chi connectivity index (χ0v) is 13.2. The van der Waals surface area contributed by atoms with E-state index in [1.54, 1.807) is 43.3 Å². The number of aliphatic hydroxyl groups excluding tert-OH is 1. The summed E-state index contributed by atoms with van der Waals surface area (Å²) in [6, 6.07) is 6.79. The lowest BCUT2D eigenvalue weighted by molar-refractivity contribution is 0.0598. The minimum Gasteiger partial charge on any atom is -0.393 e. The molecule has 2 rings (SSSR count). The molecule has 0 saturated carbocycles. The maximum atomic E-state index is 12.0. The Morgan fingerprint density at radius 3 is 1.82 bits per heavy atom. The van der Waals surface area contributed by atoms with E-state index in [2.05, 4.69) is 13.2 Å². The molecule has 1 aliphatic rings. The molecule has 4 nitrogen and oxygen atoms in total. The van der Waals surface area contributed by atoms with Crippen LogP contribution in [0, 0.1) is 0 Å². The fourth-order valence-electron chi connectivity index (χ4n) is 2.20. The number of hydrogen-bond donors (Lipinski definition) is 1. The van der Waals surface area contributed by atoms with Gasteiger partial charge in [-0.15, -0.1) is 13.2 Å². The highest BCUT2D eigenvalue weighted by molar-refractivity contribution is 6.21. The summed E-state index contributed by atoms with van der Waals surface area (Å²) in [5.74, 6) is -0.398. The van der Waals surface area contributed by atoms with Gasteiger partial charge in [0.25, 0.3) is 11.8 Å². The Hall–Kier alpha value is -2.20. The zero-order valence-electron chi connectivity index (χ0n) is 13.2. The first kappa shape index (κ1) is 17.9. The Bertz CT molecular complexity index is 528. The third-order valence-electron chi connectivity index (χ3n) is 3.28. The first-order chi connectivity index (χ1) is 10.4. The van der Waals surface area contributed by atoms with Gasteiger partial charge in [-0.2, -0.15) is 0 Å². The minimum atomic E-state index is -0.220. The van der Waals surface area contributed by atoms with Crippen molar-refractivity contribution in [3.8, 4) is 0 Å². The molecule has 1 aliphatic heterocycles. The normalized spacial score (nSPS) is 15.5. The molecule has 1 aromatic rings. The molecule has 0 aromatic heterocycles. The van der Waals surface area contributed by atoms with E-state index in [1.165, 1.54) is 4.90 Å². The highest BCUT2D eigenvalue weighted by atomic mass is 16.3. The van der Waals surface area contributed by atoms with Crippen molar-refractivity contribution >= 4 is 11.8 Å². The lowest BCUT2D eigenvalue weighted by Gasteiger charge is -2.20. The number of aliphatic hydroxyl groups is 1. The number of rotatable bonds is 5. The van der Waals surface area contributed by atoms with E-state index in [1.807, 2.05) is 6.92 Å². The van der Waals surface area contributed by atoms with Gasteiger partial charge < -0.3 is 5.11 Å². The van der Waals surface area contributed by atoms with Gasteiger partial charge in [0, 0.05) is 6.04 Å². The van der Waals surface area contributed by atoms with Crippen LogP contribution in [0.5, 0.6) is 0 Å². The van der Waals surface area contributed by atoms with Gasteiger partial charge in [-0.25, -0.2) is 0 Å². The molecule has 2 unspecified atom stereocenters. The summed E-state index contributed by atoms with van der Waals surface area (Å²) in [7, 11) is 0. The average molecular weight is 301 g/mol. The largest absolute Gasteiger partial charge is 0.393 e. The number of hydrogen-bond acceptors (Lipinski definition) is 3. The summed E-state index contributed by atoms with van der Waals surface area (Å²) in [6.45, 7) is 10.7. The molecular weight excluding hydrogens is 278 g/mol. The van der Waals surface area contributed by atoms with Crippen LogP contribution in [0.2, 0.25) is 0 Å². The van der Waals surface area contributed by atoms with Gasteiger partial charge in [0.15, 0.2) is 0 Å². The second-order valence-corrected chi connectivity index (χ2v) is 5.27. The van der Waals surface area contributed by atoms with Crippen molar-refractivity contribution in [3.05, 3.63) is 60.7 Å². The van der Waals surface area contributed by atoms with Crippen molar-refractivity contribution in [3.63, 3.8) is 0 Å². The highest BCUT2D eigenvalue weighted by Crippen LogP contribution is 2.25. The molecular formula is C18H23NO3. The molecule has 1 aromatic carbocycles. The lowest BCUT2D eigenvalue weighted by Crippen LogP contribution is -2.37. The Labute approximate surface area is 131 Å². The summed E-state index contributed by atoms with van der Waals surface area (Å²) in [5.41, 5.74) is 1.01. The predicted molar refractivity (Wildman–Crippen MR) is 87.7 cm³/mol. The molecule has 0 radical (unpaired) electrons. The van der Waals surface area contributed by atoms with Gasteiger partial charge in [-0.1, -0.05) is 24.3 Å². The number of nitrogens with zero attached hydrogens (tertiary/aromatic N) is 1. The maximum absolute atomic E-state index is 12.0. The predicted octanol–water partition coefficient (Wildman–Crippen LogP) is 3.19. The van der Waals surface area contributed by atoms with Gasteiger partial charge in [-0.05, 0) is 38.8 Å². The van der Waals surface area contributed by atoms with Crippen LogP contribution in [0.3, 0.4) is 0 Å². The molecule has 0 aliphatic carbocycles. The van der Waals surface area contributed by atoms with Crippen molar-refractivity contribution in [1.82, 2.24) is 4.90 Å². The smallest absolute Gasteiger partial charge is 0.261 e. The number of benzene rings is 1. The number of carbonyl (C=O) groups is 2. The molecule has 22 heavy (non-hydrogen) atoms. The standard InChI is InChI=1S/C13H13NO2.C5H10O/c1-3-6-9(2)14-12(15)10-7-4-5-8-11(10)13(14)16;1-3-4-5(2)6/h3-5,7-9H,1,6H2,2H3;3,5-6H,1,4H2,2H3.